The Balaban J connectivity index is 2.12. The van der Waals surface area contributed by atoms with Crippen LogP contribution in [0.1, 0.15) is 5.56 Å². The third-order valence-corrected chi connectivity index (χ3v) is 3.03. The first-order chi connectivity index (χ1) is 9.63. The van der Waals surface area contributed by atoms with Crippen LogP contribution in [0.3, 0.4) is 0 Å². The van der Waals surface area contributed by atoms with E-state index in [2.05, 4.69) is 9.97 Å². The van der Waals surface area contributed by atoms with Crippen LogP contribution in [0.4, 0.5) is 10.2 Å². The van der Waals surface area contributed by atoms with Gasteiger partial charge in [0.05, 0.1) is 23.9 Å². The van der Waals surface area contributed by atoms with E-state index < -0.39 is 0 Å². The fourth-order valence-electron chi connectivity index (χ4n) is 2.13. The SMILES string of the molecule is Cc1cc(F)cc(-n2cncc2-c2ccc(N)nc2)c1. The molecule has 0 bridgehead atoms. The summed E-state index contributed by atoms with van der Waals surface area (Å²) >= 11 is 0. The van der Waals surface area contributed by atoms with Gasteiger partial charge < -0.3 is 5.73 Å². The van der Waals surface area contributed by atoms with Gasteiger partial charge in [0.25, 0.3) is 0 Å². The maximum Gasteiger partial charge on any atom is 0.125 e. The van der Waals surface area contributed by atoms with Gasteiger partial charge in [0.15, 0.2) is 0 Å². The van der Waals surface area contributed by atoms with Crippen LogP contribution in [0.2, 0.25) is 0 Å². The van der Waals surface area contributed by atoms with Crippen LogP contribution in [-0.2, 0) is 0 Å². The first-order valence-corrected chi connectivity index (χ1v) is 6.15. The summed E-state index contributed by atoms with van der Waals surface area (Å²) in [5.41, 5.74) is 8.88. The summed E-state index contributed by atoms with van der Waals surface area (Å²) in [7, 11) is 0. The smallest absolute Gasteiger partial charge is 0.125 e. The topological polar surface area (TPSA) is 56.7 Å². The molecule has 1 aromatic carbocycles. The van der Waals surface area contributed by atoms with Crippen LogP contribution in [0.5, 0.6) is 0 Å². The van der Waals surface area contributed by atoms with Gasteiger partial charge in [-0.2, -0.15) is 0 Å². The standard InChI is InChI=1S/C15H13FN4/c1-10-4-12(16)6-13(5-10)20-9-18-8-14(20)11-2-3-15(17)19-7-11/h2-9H,1H3,(H2,17,19). The highest BCUT2D eigenvalue weighted by Crippen LogP contribution is 2.23. The molecular formula is C15H13FN4. The Morgan fingerprint density at radius 2 is 2.00 bits per heavy atom. The maximum atomic E-state index is 13.5. The second-order valence-electron chi connectivity index (χ2n) is 4.61. The third-order valence-electron chi connectivity index (χ3n) is 3.03. The van der Waals surface area contributed by atoms with Crippen LogP contribution >= 0.6 is 0 Å². The van der Waals surface area contributed by atoms with Crippen molar-refractivity contribution in [2.45, 2.75) is 6.92 Å². The largest absolute Gasteiger partial charge is 0.384 e. The molecule has 5 heteroatoms. The average Bonchev–Trinajstić information content (AvgIpc) is 2.87. The number of aromatic nitrogens is 3. The average molecular weight is 268 g/mol. The van der Waals surface area contributed by atoms with Crippen molar-refractivity contribution >= 4 is 5.82 Å². The Kier molecular flexibility index (Phi) is 2.95. The molecule has 0 saturated carbocycles. The van der Waals surface area contributed by atoms with E-state index in [4.69, 9.17) is 5.73 Å². The minimum absolute atomic E-state index is 0.268. The molecule has 100 valence electrons. The summed E-state index contributed by atoms with van der Waals surface area (Å²) in [6, 6.07) is 8.46. The van der Waals surface area contributed by atoms with Crippen LogP contribution in [0.25, 0.3) is 16.9 Å². The molecule has 3 aromatic rings. The minimum atomic E-state index is -0.268. The van der Waals surface area contributed by atoms with Gasteiger partial charge in [0.1, 0.15) is 11.6 Å². The summed E-state index contributed by atoms with van der Waals surface area (Å²) in [5, 5.41) is 0. The minimum Gasteiger partial charge on any atom is -0.384 e. The number of anilines is 1. The molecule has 2 aromatic heterocycles. The molecule has 0 aliphatic heterocycles. The first kappa shape index (κ1) is 12.3. The lowest BCUT2D eigenvalue weighted by molar-refractivity contribution is 0.625. The molecule has 0 fully saturated rings. The van der Waals surface area contributed by atoms with Crippen molar-refractivity contribution < 1.29 is 4.39 Å². The summed E-state index contributed by atoms with van der Waals surface area (Å²) in [6.45, 7) is 1.86. The molecule has 20 heavy (non-hydrogen) atoms. The number of benzene rings is 1. The second-order valence-corrected chi connectivity index (χ2v) is 4.61. The van der Waals surface area contributed by atoms with Gasteiger partial charge in [0, 0.05) is 11.8 Å². The number of nitrogen functional groups attached to an aromatic ring is 1. The highest BCUT2D eigenvalue weighted by molar-refractivity contribution is 5.62. The quantitative estimate of drug-likeness (QED) is 0.777. The number of nitrogens with zero attached hydrogens (tertiary/aromatic N) is 3. The molecular weight excluding hydrogens is 255 g/mol. The third kappa shape index (κ3) is 2.25. The zero-order valence-corrected chi connectivity index (χ0v) is 10.9. The molecule has 4 nitrogen and oxygen atoms in total. The van der Waals surface area contributed by atoms with Crippen molar-refractivity contribution in [1.29, 1.82) is 0 Å². The molecule has 3 rings (SSSR count). The highest BCUT2D eigenvalue weighted by atomic mass is 19.1. The highest BCUT2D eigenvalue weighted by Gasteiger charge is 2.08. The molecule has 0 aliphatic rings. The van der Waals surface area contributed by atoms with Crippen LogP contribution in [-0.4, -0.2) is 14.5 Å². The van der Waals surface area contributed by atoms with Gasteiger partial charge >= 0.3 is 0 Å². The van der Waals surface area contributed by atoms with E-state index in [-0.39, 0.29) is 5.82 Å². The summed E-state index contributed by atoms with van der Waals surface area (Å²) in [6.07, 6.45) is 5.04. The number of aryl methyl sites for hydroxylation is 1. The van der Waals surface area contributed by atoms with Crippen molar-refractivity contribution in [2.24, 2.45) is 0 Å². The molecule has 0 atom stereocenters. The van der Waals surface area contributed by atoms with Gasteiger partial charge in [0.2, 0.25) is 0 Å². The Morgan fingerprint density at radius 3 is 2.70 bits per heavy atom. The number of pyridine rings is 1. The number of hydrogen-bond donors (Lipinski definition) is 1. The number of rotatable bonds is 2. The Morgan fingerprint density at radius 1 is 1.15 bits per heavy atom. The predicted molar refractivity (Wildman–Crippen MR) is 75.9 cm³/mol. The predicted octanol–water partition coefficient (Wildman–Crippen LogP) is 2.96. The molecule has 0 saturated heterocycles. The summed E-state index contributed by atoms with van der Waals surface area (Å²) in [4.78, 5) is 8.21. The van der Waals surface area contributed by atoms with E-state index in [0.717, 1.165) is 22.5 Å². The van der Waals surface area contributed by atoms with Gasteiger partial charge in [-0.3, -0.25) is 4.57 Å². The monoisotopic (exact) mass is 268 g/mol. The second kappa shape index (κ2) is 4.77. The lowest BCUT2D eigenvalue weighted by Gasteiger charge is -2.09. The summed E-state index contributed by atoms with van der Waals surface area (Å²) in [5.74, 6) is 0.191. The number of nitrogens with two attached hydrogens (primary N) is 1. The van der Waals surface area contributed by atoms with Gasteiger partial charge in [-0.25, -0.2) is 14.4 Å². The van der Waals surface area contributed by atoms with E-state index in [1.165, 1.54) is 12.1 Å². The van der Waals surface area contributed by atoms with Crippen LogP contribution in [0, 0.1) is 12.7 Å². The Labute approximate surface area is 115 Å². The van der Waals surface area contributed by atoms with Gasteiger partial charge in [-0.05, 0) is 42.8 Å². The van der Waals surface area contributed by atoms with Gasteiger partial charge in [-0.15, -0.1) is 0 Å². The normalized spacial score (nSPS) is 10.7. The summed E-state index contributed by atoms with van der Waals surface area (Å²) < 4.78 is 15.4. The number of hydrogen-bond acceptors (Lipinski definition) is 3. The zero-order chi connectivity index (χ0) is 14.1. The van der Waals surface area contributed by atoms with Crippen molar-refractivity contribution in [3.63, 3.8) is 0 Å². The van der Waals surface area contributed by atoms with E-state index in [1.54, 1.807) is 24.8 Å². The fourth-order valence-corrected chi connectivity index (χ4v) is 2.13. The molecule has 2 heterocycles. The first-order valence-electron chi connectivity index (χ1n) is 6.15. The fraction of sp³-hybridized carbons (Fsp3) is 0.0667. The molecule has 0 unspecified atom stereocenters. The van der Waals surface area contributed by atoms with Crippen molar-refractivity contribution in [2.75, 3.05) is 5.73 Å². The van der Waals surface area contributed by atoms with Crippen molar-refractivity contribution in [3.05, 3.63) is 60.4 Å². The van der Waals surface area contributed by atoms with E-state index in [1.807, 2.05) is 23.6 Å². The maximum absolute atomic E-state index is 13.5. The number of imidazole rings is 1. The van der Waals surface area contributed by atoms with E-state index in [9.17, 15) is 4.39 Å². The number of halogens is 1. The zero-order valence-electron chi connectivity index (χ0n) is 10.9. The Bertz CT molecular complexity index is 727. The molecule has 2 N–H and O–H groups in total. The Hall–Kier alpha value is -2.69. The molecule has 0 amide bonds. The lowest BCUT2D eigenvalue weighted by atomic mass is 10.2. The molecule has 0 aliphatic carbocycles. The van der Waals surface area contributed by atoms with Crippen LogP contribution < -0.4 is 5.73 Å². The molecule has 0 spiro atoms. The molecule has 0 radical (unpaired) electrons. The lowest BCUT2D eigenvalue weighted by Crippen LogP contribution is -1.97. The van der Waals surface area contributed by atoms with E-state index >= 15 is 0 Å². The van der Waals surface area contributed by atoms with Crippen molar-refractivity contribution in [3.8, 4) is 16.9 Å². The van der Waals surface area contributed by atoms with Crippen molar-refractivity contribution in [1.82, 2.24) is 14.5 Å². The van der Waals surface area contributed by atoms with Crippen LogP contribution in [0.15, 0.2) is 49.1 Å². The van der Waals surface area contributed by atoms with E-state index in [0.29, 0.717) is 5.82 Å². The van der Waals surface area contributed by atoms with Gasteiger partial charge in [-0.1, -0.05) is 0 Å².